The van der Waals surface area contributed by atoms with E-state index in [9.17, 15) is 4.79 Å². The summed E-state index contributed by atoms with van der Waals surface area (Å²) in [7, 11) is 0. The van der Waals surface area contributed by atoms with Gasteiger partial charge in [0.25, 0.3) is 5.91 Å². The fourth-order valence-electron chi connectivity index (χ4n) is 3.65. The normalized spacial score (nSPS) is 13.6. The average molecular weight is 304 g/mol. The number of hydrogen-bond donors (Lipinski definition) is 1. The maximum absolute atomic E-state index is 13.0. The molecule has 0 atom stereocenters. The second kappa shape index (κ2) is 4.98. The number of carbonyl (C=O) groups excluding carboxylic acids is 1. The lowest BCUT2D eigenvalue weighted by atomic mass is 10.0. The maximum Gasteiger partial charge on any atom is 0.271 e. The molecule has 0 unspecified atom stereocenters. The SMILES string of the molecule is Cc1ccc(C)c2c(C)c(C(=O)N3Cc4ccccc4C3)[nH]c12. The molecule has 1 aliphatic heterocycles. The Morgan fingerprint density at radius 3 is 2.17 bits per heavy atom. The molecule has 1 N–H and O–H groups in total. The van der Waals surface area contributed by atoms with Gasteiger partial charge in [-0.15, -0.1) is 0 Å². The molecule has 3 nitrogen and oxygen atoms in total. The molecule has 0 bridgehead atoms. The quantitative estimate of drug-likeness (QED) is 0.717. The van der Waals surface area contributed by atoms with Crippen LogP contribution in [-0.2, 0) is 13.1 Å². The van der Waals surface area contributed by atoms with Crippen LogP contribution in [0.3, 0.4) is 0 Å². The molecule has 3 aromatic rings. The Labute approximate surface area is 135 Å². The Morgan fingerprint density at radius 1 is 0.957 bits per heavy atom. The number of nitrogens with one attached hydrogen (secondary N) is 1. The van der Waals surface area contributed by atoms with Gasteiger partial charge in [-0.1, -0.05) is 36.4 Å². The van der Waals surface area contributed by atoms with Crippen LogP contribution in [0.25, 0.3) is 10.9 Å². The van der Waals surface area contributed by atoms with E-state index in [1.807, 2.05) is 24.0 Å². The summed E-state index contributed by atoms with van der Waals surface area (Å²) < 4.78 is 0. The Balaban J connectivity index is 1.76. The molecule has 23 heavy (non-hydrogen) atoms. The van der Waals surface area contributed by atoms with Crippen molar-refractivity contribution in [3.05, 3.63) is 69.9 Å². The zero-order valence-electron chi connectivity index (χ0n) is 13.7. The third-order valence-corrected chi connectivity index (χ3v) is 4.96. The predicted molar refractivity (Wildman–Crippen MR) is 92.5 cm³/mol. The van der Waals surface area contributed by atoms with Crippen LogP contribution in [0.5, 0.6) is 0 Å². The summed E-state index contributed by atoms with van der Waals surface area (Å²) in [4.78, 5) is 18.3. The van der Waals surface area contributed by atoms with Crippen molar-refractivity contribution in [3.8, 4) is 0 Å². The van der Waals surface area contributed by atoms with Crippen molar-refractivity contribution in [3.63, 3.8) is 0 Å². The van der Waals surface area contributed by atoms with Crippen LogP contribution in [-0.4, -0.2) is 15.8 Å². The van der Waals surface area contributed by atoms with Gasteiger partial charge in [0.1, 0.15) is 5.69 Å². The van der Waals surface area contributed by atoms with Crippen molar-refractivity contribution in [2.75, 3.05) is 0 Å². The van der Waals surface area contributed by atoms with Crippen molar-refractivity contribution in [1.82, 2.24) is 9.88 Å². The van der Waals surface area contributed by atoms with Gasteiger partial charge in [-0.05, 0) is 48.6 Å². The van der Waals surface area contributed by atoms with E-state index in [1.165, 1.54) is 27.6 Å². The van der Waals surface area contributed by atoms with E-state index >= 15 is 0 Å². The molecule has 2 aromatic carbocycles. The van der Waals surface area contributed by atoms with Gasteiger partial charge in [-0.25, -0.2) is 0 Å². The molecule has 2 heterocycles. The van der Waals surface area contributed by atoms with Crippen LogP contribution in [0.4, 0.5) is 0 Å². The number of fused-ring (bicyclic) bond motifs is 2. The molecule has 1 amide bonds. The largest absolute Gasteiger partial charge is 0.350 e. The number of hydrogen-bond acceptors (Lipinski definition) is 1. The van der Waals surface area contributed by atoms with E-state index in [-0.39, 0.29) is 5.91 Å². The Hall–Kier alpha value is -2.55. The van der Waals surface area contributed by atoms with Crippen LogP contribution in [0, 0.1) is 20.8 Å². The summed E-state index contributed by atoms with van der Waals surface area (Å²) in [5, 5.41) is 1.19. The van der Waals surface area contributed by atoms with Crippen molar-refractivity contribution in [2.24, 2.45) is 0 Å². The zero-order valence-corrected chi connectivity index (χ0v) is 13.7. The number of rotatable bonds is 1. The van der Waals surface area contributed by atoms with Gasteiger partial charge in [0.05, 0.1) is 0 Å². The molecule has 1 aromatic heterocycles. The van der Waals surface area contributed by atoms with E-state index in [0.29, 0.717) is 13.1 Å². The summed E-state index contributed by atoms with van der Waals surface area (Å²) in [5.74, 6) is 0.0914. The number of aromatic nitrogens is 1. The highest BCUT2D eigenvalue weighted by molar-refractivity contribution is 6.02. The highest BCUT2D eigenvalue weighted by Gasteiger charge is 2.27. The van der Waals surface area contributed by atoms with Gasteiger partial charge in [-0.3, -0.25) is 4.79 Å². The molecule has 1 aliphatic rings. The molecular weight excluding hydrogens is 284 g/mol. The summed E-state index contributed by atoms with van der Waals surface area (Å²) in [6, 6.07) is 12.5. The van der Waals surface area contributed by atoms with Crippen LogP contribution in [0.1, 0.15) is 38.3 Å². The fourth-order valence-corrected chi connectivity index (χ4v) is 3.65. The van der Waals surface area contributed by atoms with Crippen molar-refractivity contribution < 1.29 is 4.79 Å². The summed E-state index contributed by atoms with van der Waals surface area (Å²) in [5.41, 5.74) is 7.76. The molecule has 0 aliphatic carbocycles. The molecule has 0 radical (unpaired) electrons. The standard InChI is InChI=1S/C20H20N2O/c1-12-8-9-13(2)18-17(12)14(3)19(21-18)20(23)22-10-15-6-4-5-7-16(15)11-22/h4-9,21H,10-11H2,1-3H3. The lowest BCUT2D eigenvalue weighted by Crippen LogP contribution is -2.26. The lowest BCUT2D eigenvalue weighted by Gasteiger charge is -2.15. The number of nitrogens with zero attached hydrogens (tertiary/aromatic N) is 1. The second-order valence-corrected chi connectivity index (χ2v) is 6.50. The first-order chi connectivity index (χ1) is 11.1. The minimum absolute atomic E-state index is 0.0914. The van der Waals surface area contributed by atoms with Gasteiger partial charge in [0.15, 0.2) is 0 Å². The second-order valence-electron chi connectivity index (χ2n) is 6.50. The smallest absolute Gasteiger partial charge is 0.271 e. The van der Waals surface area contributed by atoms with Crippen molar-refractivity contribution >= 4 is 16.8 Å². The number of aromatic amines is 1. The minimum Gasteiger partial charge on any atom is -0.350 e. The number of H-pyrrole nitrogens is 1. The molecule has 0 saturated carbocycles. The molecule has 0 spiro atoms. The van der Waals surface area contributed by atoms with E-state index in [2.05, 4.69) is 43.1 Å². The Bertz CT molecular complexity index is 911. The van der Waals surface area contributed by atoms with Crippen LogP contribution in [0.15, 0.2) is 36.4 Å². The number of carbonyl (C=O) groups is 1. The Kier molecular flexibility index (Phi) is 3.05. The number of benzene rings is 2. The first kappa shape index (κ1) is 14.1. The number of amides is 1. The van der Waals surface area contributed by atoms with E-state index in [4.69, 9.17) is 0 Å². The van der Waals surface area contributed by atoms with Crippen LogP contribution in [0.2, 0.25) is 0 Å². The van der Waals surface area contributed by atoms with E-state index < -0.39 is 0 Å². The van der Waals surface area contributed by atoms with Gasteiger partial charge in [-0.2, -0.15) is 0 Å². The molecule has 0 saturated heterocycles. The topological polar surface area (TPSA) is 36.1 Å². The van der Waals surface area contributed by atoms with Gasteiger partial charge in [0, 0.05) is 24.0 Å². The van der Waals surface area contributed by atoms with Crippen molar-refractivity contribution in [1.29, 1.82) is 0 Å². The monoisotopic (exact) mass is 304 g/mol. The molecular formula is C20H20N2O. The lowest BCUT2D eigenvalue weighted by molar-refractivity contribution is 0.0745. The first-order valence-electron chi connectivity index (χ1n) is 8.01. The van der Waals surface area contributed by atoms with Gasteiger partial charge < -0.3 is 9.88 Å². The highest BCUT2D eigenvalue weighted by atomic mass is 16.2. The third-order valence-electron chi connectivity index (χ3n) is 4.96. The first-order valence-corrected chi connectivity index (χ1v) is 8.01. The summed E-state index contributed by atoms with van der Waals surface area (Å²) in [6.07, 6.45) is 0. The maximum atomic E-state index is 13.0. The number of aryl methyl sites for hydroxylation is 3. The summed E-state index contributed by atoms with van der Waals surface area (Å²) >= 11 is 0. The van der Waals surface area contributed by atoms with Crippen LogP contribution < -0.4 is 0 Å². The summed E-state index contributed by atoms with van der Waals surface area (Å²) in [6.45, 7) is 7.62. The zero-order chi connectivity index (χ0) is 16.1. The molecule has 0 fully saturated rings. The fraction of sp³-hybridized carbons (Fsp3) is 0.250. The van der Waals surface area contributed by atoms with E-state index in [1.54, 1.807) is 0 Å². The van der Waals surface area contributed by atoms with Crippen LogP contribution >= 0.6 is 0 Å². The van der Waals surface area contributed by atoms with E-state index in [0.717, 1.165) is 16.8 Å². The minimum atomic E-state index is 0.0914. The van der Waals surface area contributed by atoms with Gasteiger partial charge >= 0.3 is 0 Å². The third kappa shape index (κ3) is 2.07. The molecule has 4 rings (SSSR count). The molecule has 3 heteroatoms. The van der Waals surface area contributed by atoms with Crippen molar-refractivity contribution in [2.45, 2.75) is 33.9 Å². The predicted octanol–water partition coefficient (Wildman–Crippen LogP) is 4.25. The Morgan fingerprint density at radius 2 is 1.57 bits per heavy atom. The average Bonchev–Trinajstić information content (AvgIpc) is 3.12. The molecule has 116 valence electrons. The van der Waals surface area contributed by atoms with Gasteiger partial charge in [0.2, 0.25) is 0 Å². The highest BCUT2D eigenvalue weighted by Crippen LogP contribution is 2.30.